The SMILES string of the molecule is Cc1nc(Nc2ccc(C#N)nc2)cc([C@H]2CCCCN2Cc2ccc(CC(C)C)s2)n1. The third-order valence-corrected chi connectivity index (χ3v) is 6.74. The first-order valence-corrected chi connectivity index (χ1v) is 12.1. The first-order chi connectivity index (χ1) is 15.5. The predicted octanol–water partition coefficient (Wildman–Crippen LogP) is 5.78. The lowest BCUT2D eigenvalue weighted by atomic mass is 9.98. The summed E-state index contributed by atoms with van der Waals surface area (Å²) in [7, 11) is 0. The van der Waals surface area contributed by atoms with Gasteiger partial charge in [-0.3, -0.25) is 4.90 Å². The number of likely N-dealkylation sites (tertiary alicyclic amines) is 1. The van der Waals surface area contributed by atoms with E-state index in [1.54, 1.807) is 12.3 Å². The summed E-state index contributed by atoms with van der Waals surface area (Å²) in [5.74, 6) is 2.21. The molecule has 1 fully saturated rings. The minimum Gasteiger partial charge on any atom is -0.339 e. The van der Waals surface area contributed by atoms with Crippen LogP contribution in [0.4, 0.5) is 11.5 Å². The molecule has 0 aromatic carbocycles. The second kappa shape index (κ2) is 10.2. The molecule has 3 aromatic heterocycles. The lowest BCUT2D eigenvalue weighted by Crippen LogP contribution is -2.33. The summed E-state index contributed by atoms with van der Waals surface area (Å²) in [6, 6.07) is 12.5. The topological polar surface area (TPSA) is 77.7 Å². The molecule has 4 rings (SSSR count). The summed E-state index contributed by atoms with van der Waals surface area (Å²) in [6.07, 6.45) is 6.37. The number of aromatic nitrogens is 3. The third kappa shape index (κ3) is 5.70. The van der Waals surface area contributed by atoms with E-state index >= 15 is 0 Å². The highest BCUT2D eigenvalue weighted by Gasteiger charge is 2.26. The van der Waals surface area contributed by atoms with Crippen LogP contribution in [0.25, 0.3) is 0 Å². The summed E-state index contributed by atoms with van der Waals surface area (Å²) >= 11 is 1.95. The molecule has 6 nitrogen and oxygen atoms in total. The zero-order valence-electron chi connectivity index (χ0n) is 19.0. The van der Waals surface area contributed by atoms with Crippen LogP contribution < -0.4 is 5.32 Å². The number of hydrogen-bond acceptors (Lipinski definition) is 7. The highest BCUT2D eigenvalue weighted by atomic mass is 32.1. The van der Waals surface area contributed by atoms with Crippen molar-refractivity contribution < 1.29 is 0 Å². The predicted molar refractivity (Wildman–Crippen MR) is 129 cm³/mol. The molecule has 1 saturated heterocycles. The van der Waals surface area contributed by atoms with E-state index in [-0.39, 0.29) is 0 Å². The van der Waals surface area contributed by atoms with E-state index in [2.05, 4.69) is 52.2 Å². The molecular formula is C25H30N6S. The van der Waals surface area contributed by atoms with Crippen molar-refractivity contribution in [3.8, 4) is 6.07 Å². The van der Waals surface area contributed by atoms with Gasteiger partial charge in [0.15, 0.2) is 0 Å². The summed E-state index contributed by atoms with van der Waals surface area (Å²) < 4.78 is 0. The Morgan fingerprint density at radius 1 is 1.19 bits per heavy atom. The Hall–Kier alpha value is -2.82. The van der Waals surface area contributed by atoms with Gasteiger partial charge in [0.25, 0.3) is 0 Å². The fraction of sp³-hybridized carbons (Fsp3) is 0.440. The molecule has 1 atom stereocenters. The first-order valence-electron chi connectivity index (χ1n) is 11.3. The Morgan fingerprint density at radius 3 is 2.78 bits per heavy atom. The van der Waals surface area contributed by atoms with Gasteiger partial charge in [-0.2, -0.15) is 5.26 Å². The summed E-state index contributed by atoms with van der Waals surface area (Å²) in [6.45, 7) is 8.55. The molecule has 0 saturated carbocycles. The molecule has 0 aliphatic carbocycles. The van der Waals surface area contributed by atoms with Crippen LogP contribution in [0.15, 0.2) is 36.5 Å². The number of piperidine rings is 1. The molecule has 4 heterocycles. The highest BCUT2D eigenvalue weighted by molar-refractivity contribution is 7.11. The second-order valence-corrected chi connectivity index (χ2v) is 10.1. The van der Waals surface area contributed by atoms with Crippen molar-refractivity contribution in [3.05, 3.63) is 63.5 Å². The normalized spacial score (nSPS) is 16.8. The van der Waals surface area contributed by atoms with Crippen molar-refractivity contribution in [2.24, 2.45) is 5.92 Å². The van der Waals surface area contributed by atoms with Gasteiger partial charge >= 0.3 is 0 Å². The maximum absolute atomic E-state index is 8.95. The smallest absolute Gasteiger partial charge is 0.140 e. The van der Waals surface area contributed by atoms with Crippen LogP contribution in [-0.4, -0.2) is 26.4 Å². The van der Waals surface area contributed by atoms with Crippen molar-refractivity contribution in [1.82, 2.24) is 19.9 Å². The van der Waals surface area contributed by atoms with Gasteiger partial charge in [0.2, 0.25) is 0 Å². The van der Waals surface area contributed by atoms with Crippen molar-refractivity contribution in [3.63, 3.8) is 0 Å². The Kier molecular flexibility index (Phi) is 7.13. The lowest BCUT2D eigenvalue weighted by molar-refractivity contribution is 0.138. The molecule has 0 radical (unpaired) electrons. The van der Waals surface area contributed by atoms with Gasteiger partial charge in [-0.25, -0.2) is 15.0 Å². The molecule has 7 heteroatoms. The molecule has 0 spiro atoms. The van der Waals surface area contributed by atoms with Gasteiger partial charge < -0.3 is 5.32 Å². The minimum atomic E-state index is 0.292. The monoisotopic (exact) mass is 446 g/mol. The standard InChI is InChI=1S/C25H30N6S/c1-17(2)12-21-9-10-22(32-21)16-31-11-5-4-6-24(31)23-13-25(29-18(3)28-23)30-20-8-7-19(14-26)27-15-20/h7-10,13,15,17,24H,4-6,11-12,16H2,1-3H3,(H,28,29,30)/t24-/m1/s1. The fourth-order valence-electron chi connectivity index (χ4n) is 4.24. The first kappa shape index (κ1) is 22.4. The number of hydrogen-bond donors (Lipinski definition) is 1. The number of pyridine rings is 1. The fourth-order valence-corrected chi connectivity index (χ4v) is 5.50. The van der Waals surface area contributed by atoms with Crippen LogP contribution in [-0.2, 0) is 13.0 Å². The van der Waals surface area contributed by atoms with Crippen LogP contribution in [0.1, 0.15) is 66.1 Å². The number of nitrogens with one attached hydrogen (secondary N) is 1. The van der Waals surface area contributed by atoms with Crippen LogP contribution in [0.5, 0.6) is 0 Å². The third-order valence-electron chi connectivity index (χ3n) is 5.65. The zero-order valence-corrected chi connectivity index (χ0v) is 19.8. The van der Waals surface area contributed by atoms with Crippen LogP contribution in [0.2, 0.25) is 0 Å². The number of nitriles is 1. The number of rotatable bonds is 7. The molecule has 1 N–H and O–H groups in total. The van der Waals surface area contributed by atoms with Gasteiger partial charge in [0.1, 0.15) is 23.4 Å². The van der Waals surface area contributed by atoms with Crippen LogP contribution in [0.3, 0.4) is 0 Å². The molecule has 0 amide bonds. The molecule has 1 aliphatic heterocycles. The number of thiophene rings is 1. The zero-order chi connectivity index (χ0) is 22.5. The van der Waals surface area contributed by atoms with Gasteiger partial charge in [0, 0.05) is 22.4 Å². The number of aryl methyl sites for hydroxylation is 1. The molecule has 1 aliphatic rings. The van der Waals surface area contributed by atoms with Crippen molar-refractivity contribution in [1.29, 1.82) is 5.26 Å². The van der Waals surface area contributed by atoms with E-state index < -0.39 is 0 Å². The van der Waals surface area contributed by atoms with Gasteiger partial charge in [-0.05, 0) is 62.9 Å². The van der Waals surface area contributed by atoms with E-state index in [0.717, 1.165) is 49.0 Å². The Bertz CT molecular complexity index is 1080. The molecule has 3 aromatic rings. The number of nitrogens with zero attached hydrogens (tertiary/aromatic N) is 5. The summed E-state index contributed by atoms with van der Waals surface area (Å²) in [5.41, 5.74) is 2.28. The maximum Gasteiger partial charge on any atom is 0.140 e. The van der Waals surface area contributed by atoms with Crippen molar-refractivity contribution >= 4 is 22.8 Å². The van der Waals surface area contributed by atoms with E-state index in [9.17, 15) is 0 Å². The largest absolute Gasteiger partial charge is 0.339 e. The van der Waals surface area contributed by atoms with Crippen molar-refractivity contribution in [2.75, 3.05) is 11.9 Å². The molecule has 0 bridgehead atoms. The quantitative estimate of drug-likeness (QED) is 0.495. The number of anilines is 2. The van der Waals surface area contributed by atoms with Crippen molar-refractivity contribution in [2.45, 2.75) is 59.0 Å². The Balaban J connectivity index is 1.52. The minimum absolute atomic E-state index is 0.292. The average Bonchev–Trinajstić information content (AvgIpc) is 3.20. The van der Waals surface area contributed by atoms with Gasteiger partial charge in [0.05, 0.1) is 23.6 Å². The maximum atomic E-state index is 8.95. The van der Waals surface area contributed by atoms with Gasteiger partial charge in [-0.1, -0.05) is 20.3 Å². The molecule has 0 unspecified atom stereocenters. The van der Waals surface area contributed by atoms with E-state index in [0.29, 0.717) is 17.7 Å². The Morgan fingerprint density at radius 2 is 2.03 bits per heavy atom. The van der Waals surface area contributed by atoms with Crippen LogP contribution in [0, 0.1) is 24.2 Å². The van der Waals surface area contributed by atoms with E-state index in [1.807, 2.05) is 30.4 Å². The highest BCUT2D eigenvalue weighted by Crippen LogP contribution is 2.33. The Labute approximate surface area is 194 Å². The van der Waals surface area contributed by atoms with Gasteiger partial charge in [-0.15, -0.1) is 11.3 Å². The molecule has 166 valence electrons. The average molecular weight is 447 g/mol. The van der Waals surface area contributed by atoms with E-state index in [4.69, 9.17) is 10.2 Å². The summed E-state index contributed by atoms with van der Waals surface area (Å²) in [4.78, 5) is 19.0. The summed E-state index contributed by atoms with van der Waals surface area (Å²) in [5, 5.41) is 12.3. The molecule has 32 heavy (non-hydrogen) atoms. The lowest BCUT2D eigenvalue weighted by Gasteiger charge is -2.35. The second-order valence-electron chi connectivity index (χ2n) is 8.84. The molecular weight excluding hydrogens is 416 g/mol. The van der Waals surface area contributed by atoms with Crippen LogP contribution >= 0.6 is 11.3 Å². The van der Waals surface area contributed by atoms with E-state index in [1.165, 1.54) is 22.6 Å².